The van der Waals surface area contributed by atoms with Crippen LogP contribution in [0, 0.1) is 18.7 Å². The molecule has 0 spiro atoms. The van der Waals surface area contributed by atoms with Gasteiger partial charge in [-0.15, -0.1) is 0 Å². The Hall–Kier alpha value is -0.930. The first-order chi connectivity index (χ1) is 8.30. The van der Waals surface area contributed by atoms with Gasteiger partial charge in [0.1, 0.15) is 5.82 Å². The molecule has 18 heavy (non-hydrogen) atoms. The van der Waals surface area contributed by atoms with Crippen LogP contribution in [0.2, 0.25) is 0 Å². The van der Waals surface area contributed by atoms with Crippen molar-refractivity contribution in [3.05, 3.63) is 35.1 Å². The van der Waals surface area contributed by atoms with Gasteiger partial charge in [-0.1, -0.05) is 19.9 Å². The van der Waals surface area contributed by atoms with Gasteiger partial charge in [0, 0.05) is 13.0 Å². The average molecular weight is 253 g/mol. The molecule has 0 saturated heterocycles. The first-order valence-corrected chi connectivity index (χ1v) is 6.48. The monoisotopic (exact) mass is 253 g/mol. The van der Waals surface area contributed by atoms with Gasteiger partial charge in [0.2, 0.25) is 0 Å². The molecule has 0 radical (unpaired) electrons. The van der Waals surface area contributed by atoms with Crippen molar-refractivity contribution in [1.29, 1.82) is 0 Å². The second-order valence-electron chi connectivity index (χ2n) is 5.77. The minimum Gasteiger partial charge on any atom is -0.389 e. The quantitative estimate of drug-likeness (QED) is 0.817. The third-order valence-corrected chi connectivity index (χ3v) is 2.93. The molecule has 0 aliphatic heterocycles. The van der Waals surface area contributed by atoms with Gasteiger partial charge in [-0.25, -0.2) is 4.39 Å². The van der Waals surface area contributed by atoms with E-state index in [-0.39, 0.29) is 5.82 Å². The van der Waals surface area contributed by atoms with Gasteiger partial charge < -0.3 is 10.4 Å². The van der Waals surface area contributed by atoms with Crippen LogP contribution >= 0.6 is 0 Å². The van der Waals surface area contributed by atoms with E-state index in [0.717, 1.165) is 17.7 Å². The summed E-state index contributed by atoms with van der Waals surface area (Å²) in [5.74, 6) is 0.335. The summed E-state index contributed by atoms with van der Waals surface area (Å²) in [6, 6.07) is 4.70. The molecule has 0 saturated carbocycles. The Balaban J connectivity index is 2.58. The van der Waals surface area contributed by atoms with Crippen LogP contribution in [0.5, 0.6) is 0 Å². The normalized spacial score (nSPS) is 14.8. The molecule has 1 unspecified atom stereocenters. The van der Waals surface area contributed by atoms with Crippen LogP contribution in [0.25, 0.3) is 0 Å². The summed E-state index contributed by atoms with van der Waals surface area (Å²) in [4.78, 5) is 0. The molecular weight excluding hydrogens is 229 g/mol. The van der Waals surface area contributed by atoms with E-state index in [1.165, 1.54) is 12.1 Å². The summed E-state index contributed by atoms with van der Waals surface area (Å²) in [5.41, 5.74) is 1.07. The van der Waals surface area contributed by atoms with Gasteiger partial charge in [0.25, 0.3) is 0 Å². The number of hydrogen-bond acceptors (Lipinski definition) is 2. The van der Waals surface area contributed by atoms with E-state index in [4.69, 9.17) is 0 Å². The fourth-order valence-corrected chi connectivity index (χ4v) is 1.96. The van der Waals surface area contributed by atoms with Crippen LogP contribution in [0.1, 0.15) is 31.9 Å². The second-order valence-corrected chi connectivity index (χ2v) is 5.77. The summed E-state index contributed by atoms with van der Waals surface area (Å²) in [7, 11) is 0. The van der Waals surface area contributed by atoms with Gasteiger partial charge >= 0.3 is 0 Å². The average Bonchev–Trinajstić information content (AvgIpc) is 2.21. The summed E-state index contributed by atoms with van der Waals surface area (Å²) >= 11 is 0. The fraction of sp³-hybridized carbons (Fsp3) is 0.600. The number of halogens is 1. The summed E-state index contributed by atoms with van der Waals surface area (Å²) in [6.07, 6.45) is 0.532. The molecular formula is C15H24FNO. The molecule has 0 fully saturated rings. The Morgan fingerprint density at radius 1 is 1.39 bits per heavy atom. The first kappa shape index (κ1) is 15.1. The third-order valence-electron chi connectivity index (χ3n) is 2.93. The van der Waals surface area contributed by atoms with Crippen molar-refractivity contribution in [3.8, 4) is 0 Å². The summed E-state index contributed by atoms with van der Waals surface area (Å²) in [6.45, 7) is 9.37. The Morgan fingerprint density at radius 3 is 2.61 bits per heavy atom. The number of aryl methyl sites for hydroxylation is 1. The number of aliphatic hydroxyl groups is 1. The van der Waals surface area contributed by atoms with Crippen LogP contribution in [0.3, 0.4) is 0 Å². The molecule has 1 rings (SSSR count). The molecule has 0 amide bonds. The lowest BCUT2D eigenvalue weighted by Gasteiger charge is -2.25. The summed E-state index contributed by atoms with van der Waals surface area (Å²) in [5, 5.41) is 13.6. The van der Waals surface area contributed by atoms with Crippen LogP contribution < -0.4 is 5.32 Å². The molecule has 0 aliphatic carbocycles. The van der Waals surface area contributed by atoms with Crippen LogP contribution in [0.15, 0.2) is 18.2 Å². The van der Waals surface area contributed by atoms with Gasteiger partial charge in [0.15, 0.2) is 0 Å². The van der Waals surface area contributed by atoms with Crippen molar-refractivity contribution in [2.45, 2.75) is 39.7 Å². The van der Waals surface area contributed by atoms with E-state index in [1.807, 2.05) is 13.8 Å². The molecule has 0 aliphatic rings. The van der Waals surface area contributed by atoms with Crippen LogP contribution in [0.4, 0.5) is 4.39 Å². The first-order valence-electron chi connectivity index (χ1n) is 6.48. The van der Waals surface area contributed by atoms with Gasteiger partial charge in [-0.2, -0.15) is 0 Å². The Morgan fingerprint density at radius 2 is 2.06 bits per heavy atom. The van der Waals surface area contributed by atoms with E-state index in [0.29, 0.717) is 18.9 Å². The minimum absolute atomic E-state index is 0.228. The molecule has 102 valence electrons. The van der Waals surface area contributed by atoms with Crippen molar-refractivity contribution < 1.29 is 9.50 Å². The number of benzene rings is 1. The highest BCUT2D eigenvalue weighted by molar-refractivity contribution is 5.27. The van der Waals surface area contributed by atoms with Crippen molar-refractivity contribution >= 4 is 0 Å². The Bertz CT molecular complexity index is 388. The highest BCUT2D eigenvalue weighted by atomic mass is 19.1. The zero-order valence-corrected chi connectivity index (χ0v) is 11.8. The van der Waals surface area contributed by atoms with Crippen LogP contribution in [-0.4, -0.2) is 23.8 Å². The second kappa shape index (κ2) is 6.30. The zero-order chi connectivity index (χ0) is 13.8. The molecule has 1 aromatic carbocycles. The summed E-state index contributed by atoms with van der Waals surface area (Å²) < 4.78 is 13.0. The SMILES string of the molecule is Cc1cc(F)ccc1CC(C)(O)CNCC(C)C. The van der Waals surface area contributed by atoms with E-state index < -0.39 is 5.60 Å². The molecule has 0 bridgehead atoms. The van der Waals surface area contributed by atoms with E-state index in [2.05, 4.69) is 19.2 Å². The third kappa shape index (κ3) is 5.15. The van der Waals surface area contributed by atoms with E-state index in [1.54, 1.807) is 6.07 Å². The largest absolute Gasteiger partial charge is 0.389 e. The smallest absolute Gasteiger partial charge is 0.123 e. The topological polar surface area (TPSA) is 32.3 Å². The van der Waals surface area contributed by atoms with Crippen molar-refractivity contribution in [2.24, 2.45) is 5.92 Å². The maximum atomic E-state index is 13.0. The molecule has 0 aromatic heterocycles. The molecule has 0 heterocycles. The van der Waals surface area contributed by atoms with Crippen molar-refractivity contribution in [3.63, 3.8) is 0 Å². The zero-order valence-electron chi connectivity index (χ0n) is 11.8. The Labute approximate surface area is 109 Å². The van der Waals surface area contributed by atoms with E-state index >= 15 is 0 Å². The minimum atomic E-state index is -0.808. The highest BCUT2D eigenvalue weighted by Gasteiger charge is 2.21. The molecule has 3 heteroatoms. The fourth-order valence-electron chi connectivity index (χ4n) is 1.96. The number of hydrogen-bond donors (Lipinski definition) is 2. The molecule has 1 aromatic rings. The number of nitrogens with one attached hydrogen (secondary N) is 1. The number of rotatable bonds is 6. The molecule has 2 nitrogen and oxygen atoms in total. The Kier molecular flexibility index (Phi) is 5.29. The standard InChI is InChI=1S/C15H24FNO/c1-11(2)9-17-10-15(4,18)8-13-5-6-14(16)7-12(13)3/h5-7,11,17-18H,8-10H2,1-4H3. The van der Waals surface area contributed by atoms with Crippen molar-refractivity contribution in [1.82, 2.24) is 5.32 Å². The van der Waals surface area contributed by atoms with Gasteiger partial charge in [-0.05, 0) is 49.6 Å². The van der Waals surface area contributed by atoms with Crippen LogP contribution in [-0.2, 0) is 6.42 Å². The van der Waals surface area contributed by atoms with Crippen molar-refractivity contribution in [2.75, 3.05) is 13.1 Å². The molecule has 2 N–H and O–H groups in total. The maximum Gasteiger partial charge on any atom is 0.123 e. The predicted octanol–water partition coefficient (Wildman–Crippen LogP) is 2.67. The van der Waals surface area contributed by atoms with E-state index in [9.17, 15) is 9.50 Å². The lowest BCUT2D eigenvalue weighted by Crippen LogP contribution is -2.41. The van der Waals surface area contributed by atoms with Gasteiger partial charge in [-0.3, -0.25) is 0 Å². The predicted molar refractivity (Wildman–Crippen MR) is 73.2 cm³/mol. The maximum absolute atomic E-state index is 13.0. The lowest BCUT2D eigenvalue weighted by molar-refractivity contribution is 0.0594. The molecule has 1 atom stereocenters. The highest BCUT2D eigenvalue weighted by Crippen LogP contribution is 2.17. The lowest BCUT2D eigenvalue weighted by atomic mass is 9.93. The van der Waals surface area contributed by atoms with Gasteiger partial charge in [0.05, 0.1) is 5.60 Å².